The second-order valence-corrected chi connectivity index (χ2v) is 7.72. The van der Waals surface area contributed by atoms with Gasteiger partial charge in [-0.25, -0.2) is 13.6 Å². The molecular formula is C13H19BrClN3O3S. The highest BCUT2D eigenvalue weighted by Gasteiger charge is 2.26. The van der Waals surface area contributed by atoms with Gasteiger partial charge in [0.2, 0.25) is 10.0 Å². The third kappa shape index (κ3) is 4.20. The van der Waals surface area contributed by atoms with Crippen LogP contribution in [0.2, 0.25) is 0 Å². The molecule has 0 saturated carbocycles. The molecule has 1 aliphatic rings. The number of piperidine rings is 1. The van der Waals surface area contributed by atoms with Gasteiger partial charge < -0.3 is 10.6 Å². The van der Waals surface area contributed by atoms with Gasteiger partial charge in [-0.15, -0.1) is 12.4 Å². The minimum atomic E-state index is -3.88. The fourth-order valence-corrected chi connectivity index (χ4v) is 3.97. The van der Waals surface area contributed by atoms with Gasteiger partial charge in [0.15, 0.2) is 0 Å². The number of primary sulfonamides is 1. The average Bonchev–Trinajstić information content (AvgIpc) is 2.39. The summed E-state index contributed by atoms with van der Waals surface area (Å²) in [5.41, 5.74) is 6.59. The summed E-state index contributed by atoms with van der Waals surface area (Å²) in [5.74, 6) is -0.214. The van der Waals surface area contributed by atoms with Crippen LogP contribution >= 0.6 is 28.3 Å². The smallest absolute Gasteiger partial charge is 0.254 e. The van der Waals surface area contributed by atoms with Gasteiger partial charge in [-0.2, -0.15) is 0 Å². The van der Waals surface area contributed by atoms with Crippen LogP contribution in [0.5, 0.6) is 0 Å². The number of carbonyl (C=O) groups is 1. The van der Waals surface area contributed by atoms with E-state index < -0.39 is 10.0 Å². The fourth-order valence-electron chi connectivity index (χ4n) is 2.54. The zero-order valence-electron chi connectivity index (χ0n) is 12.1. The standard InChI is InChI=1S/C13H18BrN3O3S.ClH/c1-8-11(5-9(14)6-12(8)21(16,19)20)13(18)17-4-2-3-10(15)7-17;/h5-6,10H,2-4,7,15H2,1H3,(H2,16,19,20);1H. The summed E-state index contributed by atoms with van der Waals surface area (Å²) in [7, 11) is -3.88. The number of hydrogen-bond donors (Lipinski definition) is 2. The highest BCUT2D eigenvalue weighted by atomic mass is 79.9. The van der Waals surface area contributed by atoms with Crippen LogP contribution in [0.3, 0.4) is 0 Å². The first kappa shape index (κ1) is 19.4. The highest BCUT2D eigenvalue weighted by molar-refractivity contribution is 9.10. The van der Waals surface area contributed by atoms with E-state index in [2.05, 4.69) is 15.9 Å². The Morgan fingerprint density at radius 2 is 2.05 bits per heavy atom. The number of sulfonamides is 1. The maximum absolute atomic E-state index is 12.6. The zero-order valence-corrected chi connectivity index (χ0v) is 15.3. The fraction of sp³-hybridized carbons (Fsp3) is 0.462. The van der Waals surface area contributed by atoms with Gasteiger partial charge in [0.25, 0.3) is 5.91 Å². The van der Waals surface area contributed by atoms with Crippen molar-refractivity contribution < 1.29 is 13.2 Å². The van der Waals surface area contributed by atoms with E-state index in [0.717, 1.165) is 12.8 Å². The number of halogens is 2. The van der Waals surface area contributed by atoms with E-state index in [4.69, 9.17) is 10.9 Å². The lowest BCUT2D eigenvalue weighted by molar-refractivity contribution is 0.0707. The first-order valence-electron chi connectivity index (χ1n) is 6.58. The molecular weight excluding hydrogens is 394 g/mol. The molecule has 0 spiro atoms. The summed E-state index contributed by atoms with van der Waals surface area (Å²) in [4.78, 5) is 14.2. The van der Waals surface area contributed by atoms with Crippen molar-refractivity contribution in [1.82, 2.24) is 4.90 Å². The van der Waals surface area contributed by atoms with E-state index in [0.29, 0.717) is 28.7 Å². The van der Waals surface area contributed by atoms with Gasteiger partial charge in [-0.1, -0.05) is 15.9 Å². The number of nitrogens with zero attached hydrogens (tertiary/aromatic N) is 1. The average molecular weight is 413 g/mol. The minimum Gasteiger partial charge on any atom is -0.337 e. The molecule has 22 heavy (non-hydrogen) atoms. The molecule has 9 heteroatoms. The summed E-state index contributed by atoms with van der Waals surface area (Å²) < 4.78 is 23.7. The van der Waals surface area contributed by atoms with Gasteiger partial charge in [0.05, 0.1) is 4.90 Å². The van der Waals surface area contributed by atoms with Crippen LogP contribution in [-0.2, 0) is 10.0 Å². The molecule has 1 fully saturated rings. The Labute approximate surface area is 144 Å². The van der Waals surface area contributed by atoms with Gasteiger partial charge >= 0.3 is 0 Å². The molecule has 4 N–H and O–H groups in total. The van der Waals surface area contributed by atoms with E-state index in [1.807, 2.05) is 0 Å². The Morgan fingerprint density at radius 3 is 2.59 bits per heavy atom. The molecule has 1 aromatic carbocycles. The molecule has 1 aromatic rings. The predicted octanol–water partition coefficient (Wildman–Crippen LogP) is 1.39. The van der Waals surface area contributed by atoms with Crippen molar-refractivity contribution in [2.24, 2.45) is 10.9 Å². The van der Waals surface area contributed by atoms with Crippen molar-refractivity contribution in [2.45, 2.75) is 30.7 Å². The third-order valence-corrected chi connectivity index (χ3v) is 5.10. The number of benzene rings is 1. The van der Waals surface area contributed by atoms with Crippen LogP contribution in [0.4, 0.5) is 0 Å². The number of hydrogen-bond acceptors (Lipinski definition) is 4. The monoisotopic (exact) mass is 411 g/mol. The minimum absolute atomic E-state index is 0. The van der Waals surface area contributed by atoms with E-state index in [1.54, 1.807) is 17.9 Å². The maximum Gasteiger partial charge on any atom is 0.254 e. The number of likely N-dealkylation sites (tertiary alicyclic amines) is 1. The third-order valence-electron chi connectivity index (χ3n) is 3.61. The van der Waals surface area contributed by atoms with E-state index in [9.17, 15) is 13.2 Å². The van der Waals surface area contributed by atoms with Crippen molar-refractivity contribution in [3.05, 3.63) is 27.7 Å². The number of carbonyl (C=O) groups excluding carboxylic acids is 1. The van der Waals surface area contributed by atoms with Crippen LogP contribution in [0.15, 0.2) is 21.5 Å². The van der Waals surface area contributed by atoms with Crippen LogP contribution in [-0.4, -0.2) is 38.4 Å². The Kier molecular flexibility index (Phi) is 6.40. The van der Waals surface area contributed by atoms with E-state index in [-0.39, 0.29) is 29.3 Å². The van der Waals surface area contributed by atoms with Crippen molar-refractivity contribution in [3.8, 4) is 0 Å². The summed E-state index contributed by atoms with van der Waals surface area (Å²) in [6, 6.07) is 2.99. The Morgan fingerprint density at radius 1 is 1.41 bits per heavy atom. The molecule has 0 aromatic heterocycles. The summed E-state index contributed by atoms with van der Waals surface area (Å²) >= 11 is 3.23. The molecule has 2 rings (SSSR count). The summed E-state index contributed by atoms with van der Waals surface area (Å²) in [6.07, 6.45) is 1.74. The van der Waals surface area contributed by atoms with Crippen molar-refractivity contribution in [3.63, 3.8) is 0 Å². The zero-order chi connectivity index (χ0) is 15.8. The molecule has 1 saturated heterocycles. The Balaban J connectivity index is 0.00000242. The molecule has 1 atom stereocenters. The van der Waals surface area contributed by atoms with Gasteiger partial charge in [0.1, 0.15) is 0 Å². The molecule has 1 unspecified atom stereocenters. The molecule has 0 radical (unpaired) electrons. The second kappa shape index (κ2) is 7.27. The summed E-state index contributed by atoms with van der Waals surface area (Å²) in [6.45, 7) is 2.70. The lowest BCUT2D eigenvalue weighted by Crippen LogP contribution is -2.46. The summed E-state index contributed by atoms with van der Waals surface area (Å²) in [5, 5.41) is 5.20. The van der Waals surface area contributed by atoms with Crippen LogP contribution in [0.1, 0.15) is 28.8 Å². The van der Waals surface area contributed by atoms with E-state index >= 15 is 0 Å². The first-order valence-corrected chi connectivity index (χ1v) is 8.92. The van der Waals surface area contributed by atoms with Crippen LogP contribution in [0, 0.1) is 6.92 Å². The highest BCUT2D eigenvalue weighted by Crippen LogP contribution is 2.25. The Hall–Kier alpha value is -0.670. The molecule has 6 nitrogen and oxygen atoms in total. The molecule has 0 bridgehead atoms. The molecule has 0 aliphatic carbocycles. The topological polar surface area (TPSA) is 106 Å². The second-order valence-electron chi connectivity index (χ2n) is 5.27. The van der Waals surface area contributed by atoms with Crippen LogP contribution < -0.4 is 10.9 Å². The molecule has 1 heterocycles. The van der Waals surface area contributed by atoms with Gasteiger partial charge in [0, 0.05) is 29.2 Å². The van der Waals surface area contributed by atoms with Gasteiger partial charge in [-0.3, -0.25) is 4.79 Å². The lowest BCUT2D eigenvalue weighted by Gasteiger charge is -2.31. The SMILES string of the molecule is Cc1c(C(=O)N2CCCC(N)C2)cc(Br)cc1S(N)(=O)=O.Cl. The maximum atomic E-state index is 12.6. The van der Waals surface area contributed by atoms with Crippen molar-refractivity contribution in [1.29, 1.82) is 0 Å². The predicted molar refractivity (Wildman–Crippen MR) is 90.6 cm³/mol. The molecule has 1 amide bonds. The van der Waals surface area contributed by atoms with Crippen molar-refractivity contribution >= 4 is 44.3 Å². The number of nitrogens with two attached hydrogens (primary N) is 2. The first-order chi connectivity index (χ1) is 9.70. The quantitative estimate of drug-likeness (QED) is 0.765. The number of amides is 1. The van der Waals surface area contributed by atoms with E-state index in [1.165, 1.54) is 6.07 Å². The molecule has 124 valence electrons. The largest absolute Gasteiger partial charge is 0.337 e. The Bertz CT molecular complexity index is 681. The normalized spacial score (nSPS) is 18.7. The lowest BCUT2D eigenvalue weighted by atomic mass is 10.0. The van der Waals surface area contributed by atoms with Crippen molar-refractivity contribution in [2.75, 3.05) is 13.1 Å². The number of rotatable bonds is 2. The van der Waals surface area contributed by atoms with Gasteiger partial charge in [-0.05, 0) is 37.5 Å². The molecule has 1 aliphatic heterocycles. The van der Waals surface area contributed by atoms with Crippen LogP contribution in [0.25, 0.3) is 0 Å².